The topological polar surface area (TPSA) is 76.9 Å². The van der Waals surface area contributed by atoms with Gasteiger partial charge in [-0.1, -0.05) is 0 Å². The molecular formula is C18H18N4O2. The fraction of sp³-hybridized carbons (Fsp3) is 0.222. The first-order chi connectivity index (χ1) is 11.5. The number of nitrogens with one attached hydrogen (secondary N) is 1. The van der Waals surface area contributed by atoms with E-state index in [1.807, 2.05) is 19.9 Å². The van der Waals surface area contributed by atoms with Crippen molar-refractivity contribution in [2.75, 3.05) is 5.32 Å². The van der Waals surface area contributed by atoms with E-state index in [9.17, 15) is 9.59 Å². The van der Waals surface area contributed by atoms with Crippen LogP contribution in [-0.2, 0) is 6.54 Å². The number of pyridine rings is 1. The monoisotopic (exact) mass is 322 g/mol. The summed E-state index contributed by atoms with van der Waals surface area (Å²) in [5, 5.41) is 2.77. The molecule has 0 unspecified atom stereocenters. The molecule has 6 heteroatoms. The van der Waals surface area contributed by atoms with Crippen LogP contribution in [0.1, 0.15) is 28.5 Å². The number of carbonyl (C=O) groups excluding carboxylic acids is 1. The molecule has 0 atom stereocenters. The summed E-state index contributed by atoms with van der Waals surface area (Å²) in [6, 6.07) is 8.80. The third-order valence-electron chi connectivity index (χ3n) is 3.84. The number of aromatic nitrogens is 3. The van der Waals surface area contributed by atoms with Crippen molar-refractivity contribution >= 4 is 22.8 Å². The molecule has 0 aliphatic carbocycles. The van der Waals surface area contributed by atoms with Crippen LogP contribution in [0.25, 0.3) is 11.0 Å². The molecule has 6 nitrogen and oxygen atoms in total. The first-order valence-corrected chi connectivity index (χ1v) is 7.75. The molecule has 0 radical (unpaired) electrons. The number of hydrogen-bond acceptors (Lipinski definition) is 4. The van der Waals surface area contributed by atoms with E-state index in [0.717, 1.165) is 11.1 Å². The summed E-state index contributed by atoms with van der Waals surface area (Å²) < 4.78 is 1.65. The molecule has 0 spiro atoms. The molecule has 0 aliphatic rings. The second-order valence-corrected chi connectivity index (χ2v) is 5.62. The molecule has 0 saturated heterocycles. The molecule has 2 heterocycles. The molecule has 1 amide bonds. The van der Waals surface area contributed by atoms with Gasteiger partial charge in [-0.05, 0) is 56.7 Å². The lowest BCUT2D eigenvalue weighted by Crippen LogP contribution is -2.23. The molecule has 1 aromatic carbocycles. The number of carbonyl (C=O) groups is 1. The number of hydrogen-bond donors (Lipinski definition) is 1. The Kier molecular flexibility index (Phi) is 4.12. The van der Waals surface area contributed by atoms with Crippen molar-refractivity contribution in [3.63, 3.8) is 0 Å². The normalized spacial score (nSPS) is 10.8. The fourth-order valence-electron chi connectivity index (χ4n) is 2.62. The van der Waals surface area contributed by atoms with Gasteiger partial charge in [0.25, 0.3) is 11.5 Å². The van der Waals surface area contributed by atoms with E-state index < -0.39 is 0 Å². The van der Waals surface area contributed by atoms with Crippen molar-refractivity contribution in [2.45, 2.75) is 27.3 Å². The lowest BCUT2D eigenvalue weighted by Gasteiger charge is -2.10. The Bertz CT molecular complexity index is 992. The van der Waals surface area contributed by atoms with Crippen molar-refractivity contribution < 1.29 is 4.79 Å². The van der Waals surface area contributed by atoms with E-state index in [4.69, 9.17) is 0 Å². The van der Waals surface area contributed by atoms with Crippen LogP contribution in [0.4, 0.5) is 5.82 Å². The zero-order valence-corrected chi connectivity index (χ0v) is 13.8. The third-order valence-corrected chi connectivity index (χ3v) is 3.84. The van der Waals surface area contributed by atoms with Gasteiger partial charge in [-0.25, -0.2) is 9.97 Å². The van der Waals surface area contributed by atoms with Gasteiger partial charge in [0.2, 0.25) is 0 Å². The molecule has 24 heavy (non-hydrogen) atoms. The van der Waals surface area contributed by atoms with E-state index in [0.29, 0.717) is 29.1 Å². The molecule has 2 aromatic heterocycles. The molecule has 3 rings (SSSR count). The minimum atomic E-state index is -0.260. The summed E-state index contributed by atoms with van der Waals surface area (Å²) >= 11 is 0. The Morgan fingerprint density at radius 3 is 2.71 bits per heavy atom. The van der Waals surface area contributed by atoms with Crippen molar-refractivity contribution in [3.05, 3.63) is 63.7 Å². The summed E-state index contributed by atoms with van der Waals surface area (Å²) in [6.07, 6.45) is 1.65. The standard InChI is InChI=1S/C18H18N4O2/c1-4-22-15-6-5-13(10-14(15)20-12(3)18(22)24)17(23)21-16-9-11(2)7-8-19-16/h5-10H,4H2,1-3H3,(H,19,21,23). The lowest BCUT2D eigenvalue weighted by atomic mass is 10.1. The Balaban J connectivity index is 2.00. The Morgan fingerprint density at radius 2 is 2.00 bits per heavy atom. The van der Waals surface area contributed by atoms with Gasteiger partial charge in [0, 0.05) is 18.3 Å². The Morgan fingerprint density at radius 1 is 1.21 bits per heavy atom. The van der Waals surface area contributed by atoms with Gasteiger partial charge in [0.05, 0.1) is 11.0 Å². The smallest absolute Gasteiger partial charge is 0.272 e. The molecule has 0 fully saturated rings. The predicted molar refractivity (Wildman–Crippen MR) is 93.3 cm³/mol. The summed E-state index contributed by atoms with van der Waals surface area (Å²) in [4.78, 5) is 33.0. The van der Waals surface area contributed by atoms with Crippen molar-refractivity contribution in [3.8, 4) is 0 Å². The highest BCUT2D eigenvalue weighted by atomic mass is 16.1. The number of benzene rings is 1. The van der Waals surface area contributed by atoms with Gasteiger partial charge >= 0.3 is 0 Å². The first kappa shape index (κ1) is 15.9. The second kappa shape index (κ2) is 6.23. The van der Waals surface area contributed by atoms with Crippen LogP contribution in [0.15, 0.2) is 41.3 Å². The highest BCUT2D eigenvalue weighted by Gasteiger charge is 2.11. The van der Waals surface area contributed by atoms with E-state index in [2.05, 4.69) is 15.3 Å². The van der Waals surface area contributed by atoms with Crippen LogP contribution in [0.5, 0.6) is 0 Å². The average molecular weight is 322 g/mol. The van der Waals surface area contributed by atoms with Gasteiger partial charge in [-0.3, -0.25) is 9.59 Å². The summed E-state index contributed by atoms with van der Waals surface area (Å²) in [5.41, 5.74) is 3.15. The predicted octanol–water partition coefficient (Wildman–Crippen LogP) is 2.68. The van der Waals surface area contributed by atoms with Gasteiger partial charge in [0.15, 0.2) is 0 Å². The molecular weight excluding hydrogens is 304 g/mol. The Hall–Kier alpha value is -3.02. The molecule has 122 valence electrons. The second-order valence-electron chi connectivity index (χ2n) is 5.62. The summed E-state index contributed by atoms with van der Waals surface area (Å²) in [6.45, 7) is 6.07. The van der Waals surface area contributed by atoms with Gasteiger partial charge in [-0.15, -0.1) is 0 Å². The van der Waals surface area contributed by atoms with Gasteiger partial charge in [0.1, 0.15) is 11.5 Å². The van der Waals surface area contributed by atoms with E-state index in [-0.39, 0.29) is 11.5 Å². The van der Waals surface area contributed by atoms with Crippen LogP contribution >= 0.6 is 0 Å². The number of rotatable bonds is 3. The minimum absolute atomic E-state index is 0.105. The minimum Gasteiger partial charge on any atom is -0.307 e. The maximum absolute atomic E-state index is 12.4. The SMILES string of the molecule is CCn1c(=O)c(C)nc2cc(C(=O)Nc3cc(C)ccn3)ccc21. The van der Waals surface area contributed by atoms with E-state index in [1.165, 1.54) is 0 Å². The van der Waals surface area contributed by atoms with Crippen LogP contribution in [0.2, 0.25) is 0 Å². The van der Waals surface area contributed by atoms with Crippen LogP contribution in [0.3, 0.4) is 0 Å². The molecule has 1 N–H and O–H groups in total. The maximum atomic E-state index is 12.4. The molecule has 3 aromatic rings. The largest absolute Gasteiger partial charge is 0.307 e. The number of aryl methyl sites for hydroxylation is 3. The molecule has 0 aliphatic heterocycles. The summed E-state index contributed by atoms with van der Waals surface area (Å²) in [5.74, 6) is 0.242. The number of nitrogens with zero attached hydrogens (tertiary/aromatic N) is 3. The Labute approximate surface area is 139 Å². The van der Waals surface area contributed by atoms with E-state index in [1.54, 1.807) is 42.0 Å². The van der Waals surface area contributed by atoms with Gasteiger partial charge in [-0.2, -0.15) is 0 Å². The van der Waals surface area contributed by atoms with Crippen LogP contribution in [-0.4, -0.2) is 20.4 Å². The van der Waals surface area contributed by atoms with Crippen LogP contribution in [0, 0.1) is 13.8 Å². The quantitative estimate of drug-likeness (QED) is 0.804. The third kappa shape index (κ3) is 2.90. The zero-order valence-electron chi connectivity index (χ0n) is 13.8. The number of fused-ring (bicyclic) bond motifs is 1. The van der Waals surface area contributed by atoms with E-state index >= 15 is 0 Å². The van der Waals surface area contributed by atoms with Gasteiger partial charge < -0.3 is 9.88 Å². The highest BCUT2D eigenvalue weighted by Crippen LogP contribution is 2.15. The maximum Gasteiger partial charge on any atom is 0.272 e. The van der Waals surface area contributed by atoms with Crippen LogP contribution < -0.4 is 10.9 Å². The average Bonchev–Trinajstić information content (AvgIpc) is 2.55. The number of anilines is 1. The zero-order chi connectivity index (χ0) is 17.3. The fourth-order valence-corrected chi connectivity index (χ4v) is 2.62. The first-order valence-electron chi connectivity index (χ1n) is 7.75. The molecule has 0 saturated carbocycles. The summed E-state index contributed by atoms with van der Waals surface area (Å²) in [7, 11) is 0. The molecule has 0 bridgehead atoms. The van der Waals surface area contributed by atoms with Crippen molar-refractivity contribution in [2.24, 2.45) is 0 Å². The van der Waals surface area contributed by atoms with Crippen molar-refractivity contribution in [1.82, 2.24) is 14.5 Å². The lowest BCUT2D eigenvalue weighted by molar-refractivity contribution is 0.102. The highest BCUT2D eigenvalue weighted by molar-refractivity contribution is 6.05. The van der Waals surface area contributed by atoms with Crippen molar-refractivity contribution in [1.29, 1.82) is 0 Å². The number of amides is 1.